The van der Waals surface area contributed by atoms with E-state index in [-0.39, 0.29) is 12.4 Å². The van der Waals surface area contributed by atoms with Gasteiger partial charge >= 0.3 is 6.09 Å². The number of anilines is 1. The van der Waals surface area contributed by atoms with Crippen LogP contribution >= 0.6 is 24.0 Å². The van der Waals surface area contributed by atoms with Crippen LogP contribution in [-0.2, 0) is 10.6 Å². The molecule has 0 fully saturated rings. The van der Waals surface area contributed by atoms with E-state index in [9.17, 15) is 4.79 Å². The van der Waals surface area contributed by atoms with Crippen LogP contribution in [0.4, 0.5) is 10.5 Å². The predicted molar refractivity (Wildman–Crippen MR) is 61.7 cm³/mol. The second-order valence-electron chi connectivity index (χ2n) is 2.56. The molecule has 0 saturated heterocycles. The molecule has 1 amide bonds. The lowest BCUT2D eigenvalue weighted by Crippen LogP contribution is -2.13. The maximum Gasteiger partial charge on any atom is 0.411 e. The molecule has 1 aromatic rings. The Labute approximate surface area is 99.4 Å². The van der Waals surface area contributed by atoms with E-state index in [0.29, 0.717) is 18.2 Å². The van der Waals surface area contributed by atoms with Crippen molar-refractivity contribution in [1.82, 2.24) is 4.98 Å². The van der Waals surface area contributed by atoms with Crippen molar-refractivity contribution < 1.29 is 9.53 Å². The summed E-state index contributed by atoms with van der Waals surface area (Å²) in [5.74, 6) is 0.366. The molecule has 1 aromatic heterocycles. The largest absolute Gasteiger partial charge is 0.450 e. The molecule has 4 nitrogen and oxygen atoms in total. The molecular formula is C9H12Cl2N2O2. The Morgan fingerprint density at radius 1 is 1.60 bits per heavy atom. The molecule has 84 valence electrons. The van der Waals surface area contributed by atoms with E-state index in [2.05, 4.69) is 10.3 Å². The van der Waals surface area contributed by atoms with Crippen molar-refractivity contribution >= 4 is 35.8 Å². The molecule has 0 aliphatic rings. The monoisotopic (exact) mass is 250 g/mol. The highest BCUT2D eigenvalue weighted by atomic mass is 35.5. The standard InChI is InChI=1S/C9H11ClN2O2.ClH/c1-2-14-9(13)12-8-3-7(4-10)5-11-6-8;/h3,5-6H,2,4H2,1H3,(H,12,13);1H. The van der Waals surface area contributed by atoms with E-state index < -0.39 is 6.09 Å². The number of pyridine rings is 1. The van der Waals surface area contributed by atoms with Crippen LogP contribution in [0.25, 0.3) is 0 Å². The lowest BCUT2D eigenvalue weighted by molar-refractivity contribution is 0.168. The Balaban J connectivity index is 0.00000196. The summed E-state index contributed by atoms with van der Waals surface area (Å²) in [6.07, 6.45) is 2.69. The van der Waals surface area contributed by atoms with E-state index in [0.717, 1.165) is 5.56 Å². The summed E-state index contributed by atoms with van der Waals surface area (Å²) >= 11 is 5.61. The van der Waals surface area contributed by atoms with E-state index in [1.807, 2.05) is 0 Å². The van der Waals surface area contributed by atoms with Crippen LogP contribution in [0.5, 0.6) is 0 Å². The van der Waals surface area contributed by atoms with Gasteiger partial charge in [-0.15, -0.1) is 24.0 Å². The smallest absolute Gasteiger partial charge is 0.411 e. The molecule has 1 rings (SSSR count). The topological polar surface area (TPSA) is 51.2 Å². The number of hydrogen-bond donors (Lipinski definition) is 1. The van der Waals surface area contributed by atoms with Crippen molar-refractivity contribution in [2.75, 3.05) is 11.9 Å². The number of halogens is 2. The van der Waals surface area contributed by atoms with E-state index in [1.54, 1.807) is 19.2 Å². The molecule has 0 aromatic carbocycles. The summed E-state index contributed by atoms with van der Waals surface area (Å²) in [4.78, 5) is 14.9. The second-order valence-corrected chi connectivity index (χ2v) is 2.83. The van der Waals surface area contributed by atoms with Crippen molar-refractivity contribution in [2.45, 2.75) is 12.8 Å². The molecule has 6 heteroatoms. The summed E-state index contributed by atoms with van der Waals surface area (Å²) < 4.78 is 4.71. The van der Waals surface area contributed by atoms with Crippen molar-refractivity contribution in [3.8, 4) is 0 Å². The number of carbonyl (C=O) groups excluding carboxylic acids is 1. The van der Waals surface area contributed by atoms with Gasteiger partial charge in [-0.3, -0.25) is 10.3 Å². The van der Waals surface area contributed by atoms with Gasteiger partial charge < -0.3 is 4.74 Å². The predicted octanol–water partition coefficient (Wildman–Crippen LogP) is 2.81. The molecule has 0 bridgehead atoms. The zero-order chi connectivity index (χ0) is 10.4. The second kappa shape index (κ2) is 7.31. The lowest BCUT2D eigenvalue weighted by atomic mass is 10.3. The van der Waals surface area contributed by atoms with E-state index >= 15 is 0 Å². The number of nitrogens with one attached hydrogen (secondary N) is 1. The summed E-state index contributed by atoms with van der Waals surface area (Å²) in [7, 11) is 0. The number of hydrogen-bond acceptors (Lipinski definition) is 3. The molecule has 1 heterocycles. The number of aromatic nitrogens is 1. The SMILES string of the molecule is CCOC(=O)Nc1cncc(CCl)c1.Cl. The van der Waals surface area contributed by atoms with Crippen LogP contribution in [0.2, 0.25) is 0 Å². The molecular weight excluding hydrogens is 239 g/mol. The Hall–Kier alpha value is -1.000. The molecule has 0 aliphatic carbocycles. The molecule has 0 radical (unpaired) electrons. The van der Waals surface area contributed by atoms with Gasteiger partial charge in [-0.2, -0.15) is 0 Å². The van der Waals surface area contributed by atoms with Gasteiger partial charge in [0.15, 0.2) is 0 Å². The Bertz CT molecular complexity index is 321. The van der Waals surface area contributed by atoms with Gasteiger partial charge in [-0.05, 0) is 18.6 Å². The van der Waals surface area contributed by atoms with Crippen LogP contribution in [0.1, 0.15) is 12.5 Å². The molecule has 0 aliphatic heterocycles. The minimum atomic E-state index is -0.485. The molecule has 0 spiro atoms. The fraction of sp³-hybridized carbons (Fsp3) is 0.333. The molecule has 15 heavy (non-hydrogen) atoms. The fourth-order valence-corrected chi connectivity index (χ4v) is 1.06. The number of ether oxygens (including phenoxy) is 1. The summed E-state index contributed by atoms with van der Waals surface area (Å²) in [6, 6.07) is 1.75. The van der Waals surface area contributed by atoms with Crippen molar-refractivity contribution in [1.29, 1.82) is 0 Å². The van der Waals surface area contributed by atoms with Gasteiger partial charge in [0, 0.05) is 12.1 Å². The average molecular weight is 251 g/mol. The quantitative estimate of drug-likeness (QED) is 0.840. The molecule has 0 saturated carbocycles. The first-order valence-electron chi connectivity index (χ1n) is 4.20. The van der Waals surface area contributed by atoms with Gasteiger partial charge in [-0.25, -0.2) is 4.79 Å². The van der Waals surface area contributed by atoms with Gasteiger partial charge in [0.1, 0.15) is 0 Å². The van der Waals surface area contributed by atoms with Gasteiger partial charge in [0.2, 0.25) is 0 Å². The third kappa shape index (κ3) is 4.85. The minimum absolute atomic E-state index is 0. The van der Waals surface area contributed by atoms with Crippen molar-refractivity contribution in [3.05, 3.63) is 24.0 Å². The van der Waals surface area contributed by atoms with Gasteiger partial charge in [0.05, 0.1) is 18.5 Å². The van der Waals surface area contributed by atoms with Crippen LogP contribution in [0.15, 0.2) is 18.5 Å². The van der Waals surface area contributed by atoms with Crippen LogP contribution in [-0.4, -0.2) is 17.7 Å². The van der Waals surface area contributed by atoms with Crippen molar-refractivity contribution in [3.63, 3.8) is 0 Å². The normalized spacial score (nSPS) is 8.93. The number of rotatable bonds is 3. The number of amides is 1. The third-order valence-electron chi connectivity index (χ3n) is 1.47. The first-order valence-corrected chi connectivity index (χ1v) is 4.73. The fourth-order valence-electron chi connectivity index (χ4n) is 0.914. The van der Waals surface area contributed by atoms with Crippen molar-refractivity contribution in [2.24, 2.45) is 0 Å². The minimum Gasteiger partial charge on any atom is -0.450 e. The number of carbonyl (C=O) groups is 1. The number of nitrogens with zero attached hydrogens (tertiary/aromatic N) is 1. The average Bonchev–Trinajstić information content (AvgIpc) is 2.18. The maximum atomic E-state index is 11.0. The zero-order valence-corrected chi connectivity index (χ0v) is 9.77. The van der Waals surface area contributed by atoms with Crippen LogP contribution < -0.4 is 5.32 Å². The van der Waals surface area contributed by atoms with Gasteiger partial charge in [-0.1, -0.05) is 0 Å². The Morgan fingerprint density at radius 3 is 2.93 bits per heavy atom. The summed E-state index contributed by atoms with van der Waals surface area (Å²) in [5.41, 5.74) is 1.43. The molecule has 0 atom stereocenters. The van der Waals surface area contributed by atoms with E-state index in [1.165, 1.54) is 6.20 Å². The highest BCUT2D eigenvalue weighted by molar-refractivity contribution is 6.17. The van der Waals surface area contributed by atoms with Crippen LogP contribution in [0, 0.1) is 0 Å². The summed E-state index contributed by atoms with van der Waals surface area (Å²) in [5, 5.41) is 2.54. The molecule has 0 unspecified atom stereocenters. The van der Waals surface area contributed by atoms with Gasteiger partial charge in [0.25, 0.3) is 0 Å². The molecule has 1 N–H and O–H groups in total. The summed E-state index contributed by atoms with van der Waals surface area (Å²) in [6.45, 7) is 2.08. The zero-order valence-electron chi connectivity index (χ0n) is 8.20. The third-order valence-corrected chi connectivity index (χ3v) is 1.78. The lowest BCUT2D eigenvalue weighted by Gasteiger charge is -2.05. The highest BCUT2D eigenvalue weighted by Crippen LogP contribution is 2.10. The highest BCUT2D eigenvalue weighted by Gasteiger charge is 2.02. The first kappa shape index (κ1) is 14.0. The van der Waals surface area contributed by atoms with Crippen LogP contribution in [0.3, 0.4) is 0 Å². The Morgan fingerprint density at radius 2 is 2.33 bits per heavy atom. The first-order chi connectivity index (χ1) is 6.76. The maximum absolute atomic E-state index is 11.0. The van der Waals surface area contributed by atoms with E-state index in [4.69, 9.17) is 16.3 Å². The number of alkyl halides is 1. The Kier molecular flexibility index (Phi) is 6.83.